The van der Waals surface area contributed by atoms with Gasteiger partial charge >= 0.3 is 0 Å². The van der Waals surface area contributed by atoms with Gasteiger partial charge in [-0.25, -0.2) is 0 Å². The summed E-state index contributed by atoms with van der Waals surface area (Å²) in [7, 11) is 1.73. The van der Waals surface area contributed by atoms with Crippen LogP contribution >= 0.6 is 23.2 Å². The van der Waals surface area contributed by atoms with Crippen LogP contribution in [0, 0.1) is 0 Å². The van der Waals surface area contributed by atoms with E-state index in [0.717, 1.165) is 31.2 Å². The first-order valence-corrected chi connectivity index (χ1v) is 6.61. The van der Waals surface area contributed by atoms with Crippen LogP contribution in [0.15, 0.2) is 18.2 Å². The van der Waals surface area contributed by atoms with E-state index >= 15 is 0 Å². The lowest BCUT2D eigenvalue weighted by Gasteiger charge is -2.34. The first kappa shape index (κ1) is 13.2. The molecule has 0 aromatic heterocycles. The highest BCUT2D eigenvalue weighted by Gasteiger charge is 2.41. The third kappa shape index (κ3) is 2.32. The van der Waals surface area contributed by atoms with Crippen molar-refractivity contribution in [3.8, 4) is 0 Å². The zero-order valence-corrected chi connectivity index (χ0v) is 11.4. The van der Waals surface area contributed by atoms with Gasteiger partial charge in [-0.1, -0.05) is 48.2 Å². The molecule has 1 aliphatic rings. The molecule has 1 aliphatic carbocycles. The van der Waals surface area contributed by atoms with Gasteiger partial charge in [-0.15, -0.1) is 0 Å². The number of benzene rings is 1. The molecule has 17 heavy (non-hydrogen) atoms. The molecular formula is C13H17Cl2NO. The molecule has 1 aromatic rings. The van der Waals surface area contributed by atoms with Gasteiger partial charge in [-0.05, 0) is 24.5 Å². The molecule has 2 nitrogen and oxygen atoms in total. The Labute approximate surface area is 112 Å². The van der Waals surface area contributed by atoms with Crippen LogP contribution in [0.1, 0.15) is 37.3 Å². The zero-order chi connectivity index (χ0) is 12.5. The molecule has 1 aromatic carbocycles. The molecule has 0 heterocycles. The van der Waals surface area contributed by atoms with Gasteiger partial charge < -0.3 is 10.5 Å². The summed E-state index contributed by atoms with van der Waals surface area (Å²) in [5.41, 5.74) is 6.94. The summed E-state index contributed by atoms with van der Waals surface area (Å²) >= 11 is 12.2. The molecule has 1 saturated carbocycles. The minimum Gasteiger partial charge on any atom is -0.376 e. The van der Waals surface area contributed by atoms with Crippen LogP contribution in [0.25, 0.3) is 0 Å². The van der Waals surface area contributed by atoms with Crippen molar-refractivity contribution in [3.05, 3.63) is 33.8 Å². The average molecular weight is 274 g/mol. The van der Waals surface area contributed by atoms with E-state index < -0.39 is 0 Å². The maximum Gasteiger partial charge on any atom is 0.0870 e. The molecule has 0 amide bonds. The van der Waals surface area contributed by atoms with E-state index in [-0.39, 0.29) is 11.6 Å². The number of methoxy groups -OCH3 is 1. The molecule has 2 N–H and O–H groups in total. The summed E-state index contributed by atoms with van der Waals surface area (Å²) in [5.74, 6) is 0. The molecule has 4 heteroatoms. The van der Waals surface area contributed by atoms with E-state index in [4.69, 9.17) is 33.7 Å². The molecule has 0 aliphatic heterocycles. The van der Waals surface area contributed by atoms with Gasteiger partial charge in [0.05, 0.1) is 21.7 Å². The predicted octanol–water partition coefficient (Wildman–Crippen LogP) is 3.95. The number of ether oxygens (including phenoxy) is 1. The first-order chi connectivity index (χ1) is 8.10. The highest BCUT2D eigenvalue weighted by Crippen LogP contribution is 2.43. The van der Waals surface area contributed by atoms with E-state index in [9.17, 15) is 0 Å². The number of nitrogens with two attached hydrogens (primary N) is 1. The van der Waals surface area contributed by atoms with Gasteiger partial charge in [-0.2, -0.15) is 0 Å². The lowest BCUT2D eigenvalue weighted by atomic mass is 9.87. The number of halogens is 2. The van der Waals surface area contributed by atoms with Gasteiger partial charge in [0.15, 0.2) is 0 Å². The van der Waals surface area contributed by atoms with Gasteiger partial charge in [0, 0.05) is 7.11 Å². The second-order valence-electron chi connectivity index (χ2n) is 4.60. The third-order valence-corrected chi connectivity index (χ3v) is 4.57. The van der Waals surface area contributed by atoms with Gasteiger partial charge in [0.2, 0.25) is 0 Å². The monoisotopic (exact) mass is 273 g/mol. The van der Waals surface area contributed by atoms with Crippen LogP contribution in [-0.4, -0.2) is 12.7 Å². The van der Waals surface area contributed by atoms with Crippen molar-refractivity contribution in [3.63, 3.8) is 0 Å². The topological polar surface area (TPSA) is 35.2 Å². The lowest BCUT2D eigenvalue weighted by molar-refractivity contribution is -0.0263. The van der Waals surface area contributed by atoms with Gasteiger partial charge in [0.1, 0.15) is 0 Å². The molecule has 1 fully saturated rings. The largest absolute Gasteiger partial charge is 0.376 e. The predicted molar refractivity (Wildman–Crippen MR) is 71.6 cm³/mol. The smallest absolute Gasteiger partial charge is 0.0870 e. The Kier molecular flexibility index (Phi) is 3.99. The average Bonchev–Trinajstić information content (AvgIpc) is 2.82. The zero-order valence-electron chi connectivity index (χ0n) is 9.88. The van der Waals surface area contributed by atoms with Crippen LogP contribution in [0.2, 0.25) is 10.0 Å². The molecule has 1 unspecified atom stereocenters. The Bertz CT molecular complexity index is 402. The molecule has 0 radical (unpaired) electrons. The second-order valence-corrected chi connectivity index (χ2v) is 5.38. The molecule has 0 bridgehead atoms. The molecule has 1 atom stereocenters. The summed E-state index contributed by atoms with van der Waals surface area (Å²) in [4.78, 5) is 0. The summed E-state index contributed by atoms with van der Waals surface area (Å²) < 4.78 is 5.68. The van der Waals surface area contributed by atoms with Crippen molar-refractivity contribution in [1.29, 1.82) is 0 Å². The quantitative estimate of drug-likeness (QED) is 0.905. The van der Waals surface area contributed by atoms with Crippen LogP contribution in [-0.2, 0) is 4.74 Å². The summed E-state index contributed by atoms with van der Waals surface area (Å²) in [5, 5.41) is 1.09. The van der Waals surface area contributed by atoms with E-state index in [0.29, 0.717) is 10.0 Å². The fourth-order valence-corrected chi connectivity index (χ4v) is 3.09. The first-order valence-electron chi connectivity index (χ1n) is 5.85. The third-order valence-electron chi connectivity index (χ3n) is 3.74. The fraction of sp³-hybridized carbons (Fsp3) is 0.538. The van der Waals surface area contributed by atoms with Crippen LogP contribution in [0.4, 0.5) is 0 Å². The normalized spacial score (nSPS) is 20.5. The minimum absolute atomic E-state index is 0.221. The van der Waals surface area contributed by atoms with Crippen LogP contribution in [0.3, 0.4) is 0 Å². The maximum absolute atomic E-state index is 6.35. The highest BCUT2D eigenvalue weighted by atomic mass is 35.5. The Hall–Kier alpha value is -0.280. The lowest BCUT2D eigenvalue weighted by Crippen LogP contribution is -2.40. The minimum atomic E-state index is -0.283. The standard InChI is InChI=1S/C13H17Cl2NO/c1-17-13(7-2-3-8-13)12(16)9-5-4-6-10(14)11(9)15/h4-6,12H,2-3,7-8,16H2,1H3. The van der Waals surface area contributed by atoms with Gasteiger partial charge in [-0.3, -0.25) is 0 Å². The van der Waals surface area contributed by atoms with Crippen molar-refractivity contribution in [2.45, 2.75) is 37.3 Å². The molecule has 0 saturated heterocycles. The number of rotatable bonds is 3. The summed E-state index contributed by atoms with van der Waals surface area (Å²) in [6, 6.07) is 5.36. The highest BCUT2D eigenvalue weighted by molar-refractivity contribution is 6.42. The summed E-state index contributed by atoms with van der Waals surface area (Å²) in [6.07, 6.45) is 4.26. The molecule has 0 spiro atoms. The SMILES string of the molecule is COC1(C(N)c2cccc(Cl)c2Cl)CCCC1. The van der Waals surface area contributed by atoms with Crippen LogP contribution in [0.5, 0.6) is 0 Å². The second kappa shape index (κ2) is 5.15. The van der Waals surface area contributed by atoms with Crippen molar-refractivity contribution in [2.75, 3.05) is 7.11 Å². The maximum atomic E-state index is 6.35. The Morgan fingerprint density at radius 1 is 1.29 bits per heavy atom. The van der Waals surface area contributed by atoms with Crippen LogP contribution < -0.4 is 5.73 Å². The van der Waals surface area contributed by atoms with Crippen molar-refractivity contribution >= 4 is 23.2 Å². The number of hydrogen-bond acceptors (Lipinski definition) is 2. The number of hydrogen-bond donors (Lipinski definition) is 1. The Morgan fingerprint density at radius 2 is 1.94 bits per heavy atom. The van der Waals surface area contributed by atoms with Gasteiger partial charge in [0.25, 0.3) is 0 Å². The fourth-order valence-electron chi connectivity index (χ4n) is 2.66. The van der Waals surface area contributed by atoms with E-state index in [1.165, 1.54) is 0 Å². The van der Waals surface area contributed by atoms with Crippen molar-refractivity contribution in [2.24, 2.45) is 5.73 Å². The molecular weight excluding hydrogens is 257 g/mol. The molecule has 94 valence electrons. The van der Waals surface area contributed by atoms with Crippen molar-refractivity contribution in [1.82, 2.24) is 0 Å². The molecule has 2 rings (SSSR count). The van der Waals surface area contributed by atoms with E-state index in [2.05, 4.69) is 0 Å². The van der Waals surface area contributed by atoms with E-state index in [1.807, 2.05) is 12.1 Å². The van der Waals surface area contributed by atoms with Crippen molar-refractivity contribution < 1.29 is 4.74 Å². The summed E-state index contributed by atoms with van der Waals surface area (Å²) in [6.45, 7) is 0. The Morgan fingerprint density at radius 3 is 2.53 bits per heavy atom. The van der Waals surface area contributed by atoms with E-state index in [1.54, 1.807) is 13.2 Å². The Balaban J connectivity index is 2.35.